The molecule has 0 fully saturated rings. The Kier molecular flexibility index (Phi) is 4.87. The van der Waals surface area contributed by atoms with Gasteiger partial charge in [0.25, 0.3) is 0 Å². The van der Waals surface area contributed by atoms with Crippen molar-refractivity contribution in [2.24, 2.45) is 0 Å². The van der Waals surface area contributed by atoms with Gasteiger partial charge in [-0.3, -0.25) is 4.40 Å². The monoisotopic (exact) mass is 537 g/mol. The normalized spacial score (nSPS) is 11.8. The van der Waals surface area contributed by atoms with Crippen molar-refractivity contribution in [3.63, 3.8) is 0 Å². The standard InChI is InChI=1S/C38H23N3O/c1-2-10-24(11-3-1)35-37-36(40-34-18-6-7-21-41(34)37)31-23-26(19-20-32(31)39-35)25-12-8-13-27(22-25)28-15-9-16-30-29-14-4-5-17-33(29)42-38(28)30/h1-23H. The van der Waals surface area contributed by atoms with Crippen molar-refractivity contribution in [1.82, 2.24) is 14.4 Å². The van der Waals surface area contributed by atoms with Crippen LogP contribution in [0.2, 0.25) is 0 Å². The number of furan rings is 1. The first-order chi connectivity index (χ1) is 20.8. The summed E-state index contributed by atoms with van der Waals surface area (Å²) in [5.74, 6) is 0. The third-order valence-corrected chi connectivity index (χ3v) is 8.20. The number of para-hydroxylation sites is 2. The van der Waals surface area contributed by atoms with E-state index in [0.29, 0.717) is 0 Å². The topological polar surface area (TPSA) is 43.3 Å². The second-order valence-corrected chi connectivity index (χ2v) is 10.7. The molecule has 0 aliphatic carbocycles. The summed E-state index contributed by atoms with van der Waals surface area (Å²) in [6, 6.07) is 46.3. The quantitative estimate of drug-likeness (QED) is 0.225. The zero-order valence-corrected chi connectivity index (χ0v) is 22.5. The Labute approximate surface area is 241 Å². The van der Waals surface area contributed by atoms with Gasteiger partial charge in [0, 0.05) is 33.5 Å². The van der Waals surface area contributed by atoms with Gasteiger partial charge in [-0.15, -0.1) is 0 Å². The van der Waals surface area contributed by atoms with Crippen molar-refractivity contribution < 1.29 is 4.42 Å². The number of rotatable bonds is 3. The maximum Gasteiger partial charge on any atom is 0.143 e. The molecule has 0 aliphatic heterocycles. The zero-order valence-electron chi connectivity index (χ0n) is 22.5. The van der Waals surface area contributed by atoms with Crippen molar-refractivity contribution in [2.45, 2.75) is 0 Å². The van der Waals surface area contributed by atoms with Crippen molar-refractivity contribution in [2.75, 3.05) is 0 Å². The fraction of sp³-hybridized carbons (Fsp3) is 0. The van der Waals surface area contributed by atoms with Gasteiger partial charge in [-0.2, -0.15) is 0 Å². The fourth-order valence-corrected chi connectivity index (χ4v) is 6.22. The highest BCUT2D eigenvalue weighted by Crippen LogP contribution is 2.38. The Hall–Kier alpha value is -5.74. The zero-order chi connectivity index (χ0) is 27.6. The highest BCUT2D eigenvalue weighted by atomic mass is 16.3. The Bertz CT molecular complexity index is 2470. The second-order valence-electron chi connectivity index (χ2n) is 10.7. The molecule has 4 heterocycles. The van der Waals surface area contributed by atoms with Crippen LogP contribution in [0.25, 0.3) is 83.0 Å². The van der Waals surface area contributed by atoms with Crippen LogP contribution < -0.4 is 0 Å². The van der Waals surface area contributed by atoms with Gasteiger partial charge in [-0.05, 0) is 53.1 Å². The van der Waals surface area contributed by atoms with E-state index in [0.717, 1.165) is 83.0 Å². The van der Waals surface area contributed by atoms with Crippen molar-refractivity contribution in [1.29, 1.82) is 0 Å². The van der Waals surface area contributed by atoms with Crippen LogP contribution in [0.4, 0.5) is 0 Å². The molecule has 0 N–H and O–H groups in total. The van der Waals surface area contributed by atoms with Gasteiger partial charge < -0.3 is 4.42 Å². The minimum absolute atomic E-state index is 0.907. The van der Waals surface area contributed by atoms with Gasteiger partial charge >= 0.3 is 0 Å². The molecule has 4 nitrogen and oxygen atoms in total. The first-order valence-corrected chi connectivity index (χ1v) is 14.1. The minimum atomic E-state index is 0.907. The molecule has 5 aromatic carbocycles. The van der Waals surface area contributed by atoms with Crippen molar-refractivity contribution in [3.05, 3.63) is 140 Å². The van der Waals surface area contributed by atoms with E-state index in [2.05, 4.69) is 108 Å². The molecule has 0 saturated heterocycles. The molecule has 0 amide bonds. The van der Waals surface area contributed by atoms with Crippen molar-refractivity contribution >= 4 is 49.5 Å². The van der Waals surface area contributed by atoms with Crippen LogP contribution >= 0.6 is 0 Å². The number of aromatic nitrogens is 3. The van der Waals surface area contributed by atoms with E-state index >= 15 is 0 Å². The number of nitrogens with zero attached hydrogens (tertiary/aromatic N) is 3. The maximum atomic E-state index is 6.35. The molecule has 0 saturated carbocycles. The molecule has 196 valence electrons. The molecular weight excluding hydrogens is 514 g/mol. The maximum absolute atomic E-state index is 6.35. The van der Waals surface area contributed by atoms with Gasteiger partial charge in [0.1, 0.15) is 22.3 Å². The number of fused-ring (bicyclic) bond motifs is 8. The molecule has 9 aromatic rings. The van der Waals surface area contributed by atoms with Crippen LogP contribution in [0.5, 0.6) is 0 Å². The molecule has 0 atom stereocenters. The Morgan fingerprint density at radius 1 is 0.524 bits per heavy atom. The van der Waals surface area contributed by atoms with Gasteiger partial charge in [0.2, 0.25) is 0 Å². The molecule has 0 aliphatic rings. The predicted octanol–water partition coefficient (Wildman–Crippen LogP) is 9.94. The SMILES string of the molecule is c1ccc(-c2nc3ccc(-c4cccc(-c5cccc6c5oc5ccccc56)c4)cc3c3nc4ccccn4c23)cc1. The lowest BCUT2D eigenvalue weighted by Crippen LogP contribution is -1.92. The molecule has 4 heteroatoms. The third kappa shape index (κ3) is 3.42. The van der Waals surface area contributed by atoms with E-state index in [1.54, 1.807) is 0 Å². The summed E-state index contributed by atoms with van der Waals surface area (Å²) < 4.78 is 8.49. The summed E-state index contributed by atoms with van der Waals surface area (Å²) in [5.41, 5.74) is 12.1. The van der Waals surface area contributed by atoms with Gasteiger partial charge in [0.15, 0.2) is 0 Å². The molecule has 0 bridgehead atoms. The third-order valence-electron chi connectivity index (χ3n) is 8.20. The molecule has 0 spiro atoms. The van der Waals surface area contributed by atoms with E-state index in [1.807, 2.05) is 36.4 Å². The summed E-state index contributed by atoms with van der Waals surface area (Å²) in [5, 5.41) is 3.31. The molecule has 42 heavy (non-hydrogen) atoms. The highest BCUT2D eigenvalue weighted by Gasteiger charge is 2.17. The van der Waals surface area contributed by atoms with Crippen molar-refractivity contribution in [3.8, 4) is 33.5 Å². The lowest BCUT2D eigenvalue weighted by molar-refractivity contribution is 0.670. The summed E-state index contributed by atoms with van der Waals surface area (Å²) >= 11 is 0. The van der Waals surface area contributed by atoms with Crippen LogP contribution in [-0.4, -0.2) is 14.4 Å². The molecule has 4 aromatic heterocycles. The fourth-order valence-electron chi connectivity index (χ4n) is 6.22. The van der Waals surface area contributed by atoms with Gasteiger partial charge in [-0.1, -0.05) is 97.1 Å². The van der Waals surface area contributed by atoms with E-state index in [4.69, 9.17) is 14.4 Å². The Morgan fingerprint density at radius 2 is 1.29 bits per heavy atom. The number of pyridine rings is 2. The number of hydrogen-bond donors (Lipinski definition) is 0. The summed E-state index contributed by atoms with van der Waals surface area (Å²) in [6.07, 6.45) is 2.07. The average molecular weight is 538 g/mol. The minimum Gasteiger partial charge on any atom is -0.455 e. The lowest BCUT2D eigenvalue weighted by atomic mass is 9.96. The number of benzene rings is 5. The van der Waals surface area contributed by atoms with Crippen LogP contribution in [0.3, 0.4) is 0 Å². The number of hydrogen-bond acceptors (Lipinski definition) is 3. The number of imidazole rings is 1. The second kappa shape index (κ2) is 8.88. The van der Waals surface area contributed by atoms with Gasteiger partial charge in [-0.25, -0.2) is 9.97 Å². The summed E-state index contributed by atoms with van der Waals surface area (Å²) in [4.78, 5) is 10.3. The van der Waals surface area contributed by atoms with Crippen LogP contribution in [-0.2, 0) is 0 Å². The molecule has 0 radical (unpaired) electrons. The first-order valence-electron chi connectivity index (χ1n) is 14.1. The smallest absolute Gasteiger partial charge is 0.143 e. The van der Waals surface area contributed by atoms with Crippen LogP contribution in [0.1, 0.15) is 0 Å². The Morgan fingerprint density at radius 3 is 2.24 bits per heavy atom. The largest absolute Gasteiger partial charge is 0.455 e. The Balaban J connectivity index is 1.25. The average Bonchev–Trinajstić information content (AvgIpc) is 3.64. The summed E-state index contributed by atoms with van der Waals surface area (Å²) in [7, 11) is 0. The molecule has 9 rings (SSSR count). The van der Waals surface area contributed by atoms with E-state index in [-0.39, 0.29) is 0 Å². The van der Waals surface area contributed by atoms with Crippen LogP contribution in [0.15, 0.2) is 144 Å². The van der Waals surface area contributed by atoms with E-state index in [9.17, 15) is 0 Å². The predicted molar refractivity (Wildman–Crippen MR) is 172 cm³/mol. The van der Waals surface area contributed by atoms with E-state index in [1.165, 1.54) is 0 Å². The summed E-state index contributed by atoms with van der Waals surface area (Å²) in [6.45, 7) is 0. The molecular formula is C38H23N3O. The van der Waals surface area contributed by atoms with E-state index < -0.39 is 0 Å². The van der Waals surface area contributed by atoms with Crippen LogP contribution in [0, 0.1) is 0 Å². The molecule has 0 unspecified atom stereocenters. The highest BCUT2D eigenvalue weighted by molar-refractivity contribution is 6.11. The van der Waals surface area contributed by atoms with Gasteiger partial charge in [0.05, 0.1) is 16.7 Å². The first kappa shape index (κ1) is 23.0. The lowest BCUT2D eigenvalue weighted by Gasteiger charge is -2.10.